The van der Waals surface area contributed by atoms with E-state index in [2.05, 4.69) is 10.6 Å². The second-order valence-electron chi connectivity index (χ2n) is 5.83. The topological polar surface area (TPSA) is 118 Å². The van der Waals surface area contributed by atoms with Gasteiger partial charge in [0.25, 0.3) is 11.6 Å². The van der Waals surface area contributed by atoms with E-state index in [1.807, 2.05) is 0 Å². The molecule has 0 saturated heterocycles. The second kappa shape index (κ2) is 8.30. The van der Waals surface area contributed by atoms with Gasteiger partial charge in [-0.3, -0.25) is 14.9 Å². The number of nitro groups is 1. The first kappa shape index (κ1) is 21.2. The van der Waals surface area contributed by atoms with Gasteiger partial charge in [-0.1, -0.05) is 30.3 Å². The van der Waals surface area contributed by atoms with Gasteiger partial charge < -0.3 is 10.6 Å². The number of carbonyl (C=O) groups is 1. The Hall–Kier alpha value is -3.08. The van der Waals surface area contributed by atoms with E-state index in [0.29, 0.717) is 0 Å². The van der Waals surface area contributed by atoms with Crippen molar-refractivity contribution in [3.8, 4) is 0 Å². The molecule has 0 aliphatic heterocycles. The fraction of sp³-hybridized carbons (Fsp3) is 0.235. The molecule has 8 nitrogen and oxygen atoms in total. The highest BCUT2D eigenvalue weighted by atomic mass is 32.2. The Kier molecular flexibility index (Phi) is 6.29. The molecule has 0 saturated carbocycles. The molecular weight excluding hydrogens is 396 g/mol. The minimum absolute atomic E-state index is 0.00136. The minimum atomic E-state index is -3.72. The number of nitrogens with one attached hydrogen (secondary N) is 2. The smallest absolute Gasteiger partial charge is 0.349 e. The Balaban J connectivity index is 2.00. The number of hydrogen-bond donors (Lipinski definition) is 2. The Morgan fingerprint density at radius 1 is 1.14 bits per heavy atom. The van der Waals surface area contributed by atoms with Gasteiger partial charge in [0.1, 0.15) is 5.69 Å². The maximum absolute atomic E-state index is 14.0. The number of hydrogen-bond acceptors (Lipinski definition) is 6. The standard InChI is InChI=1S/C17H17F2N3O5S/c1-28(26,27)13-7-8-14(15(11-13)22(24)25)20-9-10-21-16(23)17(18,19)12-5-3-2-4-6-12/h2-8,11,20H,9-10H2,1H3,(H,21,23). The van der Waals surface area contributed by atoms with Crippen molar-refractivity contribution in [2.24, 2.45) is 0 Å². The molecule has 2 aromatic carbocycles. The Morgan fingerprint density at radius 3 is 2.36 bits per heavy atom. The molecule has 1 amide bonds. The van der Waals surface area contributed by atoms with Crippen molar-refractivity contribution in [3.63, 3.8) is 0 Å². The first-order valence-corrected chi connectivity index (χ1v) is 9.86. The number of nitro benzene ring substituents is 1. The van der Waals surface area contributed by atoms with Crippen LogP contribution in [0.15, 0.2) is 53.4 Å². The Labute approximate surface area is 159 Å². The molecule has 0 bridgehead atoms. The number of benzene rings is 2. The lowest BCUT2D eigenvalue weighted by Gasteiger charge is -2.16. The predicted molar refractivity (Wildman–Crippen MR) is 98.0 cm³/mol. The molecule has 0 fully saturated rings. The lowest BCUT2D eigenvalue weighted by atomic mass is 10.1. The quantitative estimate of drug-likeness (QED) is 0.390. The first-order valence-electron chi connectivity index (χ1n) is 7.97. The van der Waals surface area contributed by atoms with Gasteiger partial charge in [0.05, 0.1) is 9.82 Å². The third-order valence-corrected chi connectivity index (χ3v) is 4.85. The van der Waals surface area contributed by atoms with Crippen LogP contribution in [-0.4, -0.2) is 38.6 Å². The van der Waals surface area contributed by atoms with Crippen LogP contribution in [0.3, 0.4) is 0 Å². The maximum atomic E-state index is 14.0. The van der Waals surface area contributed by atoms with Crippen molar-refractivity contribution in [3.05, 3.63) is 64.2 Å². The monoisotopic (exact) mass is 413 g/mol. The normalized spacial score (nSPS) is 11.7. The zero-order valence-electron chi connectivity index (χ0n) is 14.7. The fourth-order valence-electron chi connectivity index (χ4n) is 2.31. The molecule has 0 aliphatic carbocycles. The third-order valence-electron chi connectivity index (χ3n) is 3.74. The molecule has 0 unspecified atom stereocenters. The van der Waals surface area contributed by atoms with Gasteiger partial charge in [0.15, 0.2) is 9.84 Å². The summed E-state index contributed by atoms with van der Waals surface area (Å²) in [5.41, 5.74) is -0.933. The van der Waals surface area contributed by atoms with Gasteiger partial charge in [0.2, 0.25) is 0 Å². The van der Waals surface area contributed by atoms with Crippen LogP contribution >= 0.6 is 0 Å². The maximum Gasteiger partial charge on any atom is 0.349 e. The molecule has 0 aliphatic rings. The highest BCUT2D eigenvalue weighted by Gasteiger charge is 2.40. The van der Waals surface area contributed by atoms with Crippen LogP contribution in [0.25, 0.3) is 0 Å². The van der Waals surface area contributed by atoms with Crippen LogP contribution in [0, 0.1) is 10.1 Å². The molecule has 0 radical (unpaired) electrons. The average Bonchev–Trinajstić information content (AvgIpc) is 2.64. The van der Waals surface area contributed by atoms with Gasteiger partial charge in [-0.05, 0) is 12.1 Å². The molecule has 2 aromatic rings. The summed E-state index contributed by atoms with van der Waals surface area (Å²) in [6.07, 6.45) is 0.918. The van der Waals surface area contributed by atoms with E-state index >= 15 is 0 Å². The predicted octanol–water partition coefficient (Wildman–Crippen LogP) is 2.32. The molecule has 0 aromatic heterocycles. The van der Waals surface area contributed by atoms with E-state index < -0.39 is 37.8 Å². The summed E-state index contributed by atoms with van der Waals surface area (Å²) in [5, 5.41) is 15.8. The summed E-state index contributed by atoms with van der Waals surface area (Å²) in [6, 6.07) is 9.87. The van der Waals surface area contributed by atoms with Crippen molar-refractivity contribution in [1.29, 1.82) is 0 Å². The van der Waals surface area contributed by atoms with Crippen LogP contribution in [-0.2, 0) is 20.6 Å². The zero-order valence-corrected chi connectivity index (χ0v) is 15.5. The highest BCUT2D eigenvalue weighted by molar-refractivity contribution is 7.90. The lowest BCUT2D eigenvalue weighted by molar-refractivity contribution is -0.384. The van der Waals surface area contributed by atoms with Crippen LogP contribution in [0.5, 0.6) is 0 Å². The Morgan fingerprint density at radius 2 is 1.79 bits per heavy atom. The number of nitrogens with zero attached hydrogens (tertiary/aromatic N) is 1. The van der Waals surface area contributed by atoms with Crippen LogP contribution in [0.1, 0.15) is 5.56 Å². The Bertz CT molecular complexity index is 982. The summed E-state index contributed by atoms with van der Waals surface area (Å²) in [4.78, 5) is 21.9. The molecule has 0 heterocycles. The molecule has 28 heavy (non-hydrogen) atoms. The number of carbonyl (C=O) groups excluding carboxylic acids is 1. The first-order chi connectivity index (χ1) is 13.0. The summed E-state index contributed by atoms with van der Waals surface area (Å²) >= 11 is 0. The molecule has 2 rings (SSSR count). The van der Waals surface area contributed by atoms with Crippen molar-refractivity contribution >= 4 is 27.1 Å². The summed E-state index contributed by atoms with van der Waals surface area (Å²) < 4.78 is 51.1. The van der Waals surface area contributed by atoms with Gasteiger partial charge in [0, 0.05) is 31.0 Å². The summed E-state index contributed by atoms with van der Waals surface area (Å²) in [6.45, 7) is -0.318. The molecule has 150 valence electrons. The molecular formula is C17H17F2N3O5S. The number of amides is 1. The van der Waals surface area contributed by atoms with E-state index in [1.165, 1.54) is 24.3 Å². The van der Waals surface area contributed by atoms with E-state index in [-0.39, 0.29) is 23.7 Å². The van der Waals surface area contributed by atoms with Crippen LogP contribution < -0.4 is 10.6 Å². The number of halogens is 2. The molecule has 0 spiro atoms. The van der Waals surface area contributed by atoms with Gasteiger partial charge in [-0.25, -0.2) is 8.42 Å². The number of alkyl halides is 2. The van der Waals surface area contributed by atoms with Gasteiger partial charge in [-0.15, -0.1) is 0 Å². The van der Waals surface area contributed by atoms with Crippen molar-refractivity contribution in [2.75, 3.05) is 24.7 Å². The third kappa shape index (κ3) is 5.00. The number of anilines is 1. The van der Waals surface area contributed by atoms with E-state index in [4.69, 9.17) is 0 Å². The van der Waals surface area contributed by atoms with Crippen molar-refractivity contribution in [1.82, 2.24) is 5.32 Å². The largest absolute Gasteiger partial charge is 0.378 e. The van der Waals surface area contributed by atoms with E-state index in [0.717, 1.165) is 24.5 Å². The van der Waals surface area contributed by atoms with E-state index in [9.17, 15) is 32.1 Å². The zero-order chi connectivity index (χ0) is 20.9. The van der Waals surface area contributed by atoms with Crippen LogP contribution in [0.2, 0.25) is 0 Å². The lowest BCUT2D eigenvalue weighted by Crippen LogP contribution is -2.40. The second-order valence-corrected chi connectivity index (χ2v) is 7.85. The van der Waals surface area contributed by atoms with Crippen molar-refractivity contribution < 1.29 is 26.9 Å². The van der Waals surface area contributed by atoms with Gasteiger partial charge >= 0.3 is 5.92 Å². The fourth-order valence-corrected chi connectivity index (χ4v) is 2.95. The molecule has 2 N–H and O–H groups in total. The van der Waals surface area contributed by atoms with E-state index in [1.54, 1.807) is 6.07 Å². The number of sulfone groups is 1. The van der Waals surface area contributed by atoms with Gasteiger partial charge in [-0.2, -0.15) is 8.78 Å². The highest BCUT2D eigenvalue weighted by Crippen LogP contribution is 2.28. The van der Waals surface area contributed by atoms with Crippen molar-refractivity contribution in [2.45, 2.75) is 10.8 Å². The SMILES string of the molecule is CS(=O)(=O)c1ccc(NCCNC(=O)C(F)(F)c2ccccc2)c([N+](=O)[O-])c1. The molecule has 11 heteroatoms. The summed E-state index contributed by atoms with van der Waals surface area (Å²) in [5.74, 6) is -5.22. The summed E-state index contributed by atoms with van der Waals surface area (Å²) in [7, 11) is -3.63. The molecule has 0 atom stereocenters. The minimum Gasteiger partial charge on any atom is -0.378 e. The van der Waals surface area contributed by atoms with Crippen LogP contribution in [0.4, 0.5) is 20.2 Å². The average molecular weight is 413 g/mol. The number of rotatable bonds is 8.